The Morgan fingerprint density at radius 1 is 0.815 bits per heavy atom. The van der Waals surface area contributed by atoms with Gasteiger partial charge in [-0.3, -0.25) is 19.8 Å². The van der Waals surface area contributed by atoms with Crippen LogP contribution in [0.1, 0.15) is 50.2 Å². The molecule has 0 saturated carbocycles. The van der Waals surface area contributed by atoms with Gasteiger partial charge >= 0.3 is 5.71 Å². The molecule has 2 heterocycles. The summed E-state index contributed by atoms with van der Waals surface area (Å²) in [5.41, 5.74) is 13.9. The second kappa shape index (κ2) is 10.7. The van der Waals surface area contributed by atoms with E-state index in [0.717, 1.165) is 61.8 Å². The fourth-order valence-corrected chi connectivity index (χ4v) is 3.06. The number of rotatable bonds is 10. The molecule has 0 amide bonds. The fraction of sp³-hybridized carbons (Fsp3) is 0.476. The van der Waals surface area contributed by atoms with E-state index >= 15 is 0 Å². The van der Waals surface area contributed by atoms with E-state index in [9.17, 15) is 5.53 Å². The van der Waals surface area contributed by atoms with Gasteiger partial charge in [0.25, 0.3) is 0 Å². The number of nitrogens with zero attached hydrogens (tertiary/aromatic N) is 6. The van der Waals surface area contributed by atoms with Gasteiger partial charge < -0.3 is 5.53 Å². The number of pyridine rings is 2. The average Bonchev–Trinajstić information content (AvgIpc) is 2.71. The summed E-state index contributed by atoms with van der Waals surface area (Å²) in [5, 5.41) is 0. The first kappa shape index (κ1) is 20.9. The van der Waals surface area contributed by atoms with Crippen molar-refractivity contribution < 1.29 is 4.79 Å². The minimum absolute atomic E-state index is 0.543. The Labute approximate surface area is 162 Å². The van der Waals surface area contributed by atoms with Crippen molar-refractivity contribution >= 4 is 5.71 Å². The van der Waals surface area contributed by atoms with Crippen LogP contribution < -0.4 is 0 Å². The number of hydrogen-bond donors (Lipinski definition) is 0. The molecule has 0 N–H and O–H groups in total. The van der Waals surface area contributed by atoms with Crippen LogP contribution in [-0.4, -0.2) is 56.4 Å². The summed E-state index contributed by atoms with van der Waals surface area (Å²) < 4.78 is 0. The summed E-state index contributed by atoms with van der Waals surface area (Å²) in [5.74, 6) is 0. The SMILES string of the molecule is CCN(CC)Cc1cc(C(=[N+]=[N-])c2ccnc(CN(CC)CC)c2)ccn1. The molecule has 6 heteroatoms. The largest absolute Gasteiger partial charge is 0.361 e. The van der Waals surface area contributed by atoms with Gasteiger partial charge in [-0.15, -0.1) is 0 Å². The predicted octanol–water partition coefficient (Wildman–Crippen LogP) is 3.23. The molecular formula is C21H30N6. The second-order valence-electron chi connectivity index (χ2n) is 6.44. The predicted molar refractivity (Wildman–Crippen MR) is 109 cm³/mol. The Hall–Kier alpha value is -2.40. The monoisotopic (exact) mass is 366 g/mol. The van der Waals surface area contributed by atoms with Crippen molar-refractivity contribution in [2.45, 2.75) is 40.8 Å². The Morgan fingerprint density at radius 3 is 1.56 bits per heavy atom. The molecule has 0 aromatic carbocycles. The van der Waals surface area contributed by atoms with E-state index in [-0.39, 0.29) is 0 Å². The molecule has 0 unspecified atom stereocenters. The van der Waals surface area contributed by atoms with Crippen LogP contribution in [0.4, 0.5) is 0 Å². The lowest BCUT2D eigenvalue weighted by molar-refractivity contribution is -0.00282. The molecule has 2 aromatic heterocycles. The first-order chi connectivity index (χ1) is 13.1. The van der Waals surface area contributed by atoms with E-state index in [1.807, 2.05) is 24.3 Å². The highest BCUT2D eigenvalue weighted by Gasteiger charge is 2.18. The molecule has 0 atom stereocenters. The molecule has 2 aromatic rings. The molecule has 27 heavy (non-hydrogen) atoms. The summed E-state index contributed by atoms with van der Waals surface area (Å²) in [6, 6.07) is 7.76. The minimum Gasteiger partial charge on any atom is -0.361 e. The summed E-state index contributed by atoms with van der Waals surface area (Å²) in [6.07, 6.45) is 3.55. The Morgan fingerprint density at radius 2 is 1.22 bits per heavy atom. The summed E-state index contributed by atoms with van der Waals surface area (Å²) in [4.78, 5) is 17.1. The zero-order valence-corrected chi connectivity index (χ0v) is 16.9. The highest BCUT2D eigenvalue weighted by molar-refractivity contribution is 6.09. The molecule has 0 aliphatic heterocycles. The lowest BCUT2D eigenvalue weighted by Crippen LogP contribution is -2.23. The van der Waals surface area contributed by atoms with E-state index in [4.69, 9.17) is 0 Å². The Balaban J connectivity index is 2.28. The van der Waals surface area contributed by atoms with Crippen molar-refractivity contribution in [3.8, 4) is 0 Å². The Kier molecular flexibility index (Phi) is 8.27. The molecule has 2 rings (SSSR count). The van der Waals surface area contributed by atoms with Crippen molar-refractivity contribution in [3.05, 3.63) is 64.7 Å². The van der Waals surface area contributed by atoms with Gasteiger partial charge in [-0.25, -0.2) is 0 Å². The molecule has 0 bridgehead atoms. The first-order valence-corrected chi connectivity index (χ1v) is 9.72. The summed E-state index contributed by atoms with van der Waals surface area (Å²) >= 11 is 0. The zero-order chi connectivity index (χ0) is 19.6. The fourth-order valence-electron chi connectivity index (χ4n) is 3.06. The van der Waals surface area contributed by atoms with Crippen LogP contribution in [0.3, 0.4) is 0 Å². The standard InChI is InChI=1S/C21H30N6/c1-5-26(6-2)15-19-13-17(9-11-23-19)21(25-22)18-10-12-24-20(14-18)16-27(7-3)8-4/h9-14H,5-8,15-16H2,1-4H3. The normalized spacial score (nSPS) is 11.0. The van der Waals surface area contributed by atoms with Gasteiger partial charge in [-0.2, -0.15) is 4.79 Å². The molecule has 0 radical (unpaired) electrons. The van der Waals surface area contributed by atoms with Gasteiger partial charge in [0, 0.05) is 25.5 Å². The topological polar surface area (TPSA) is 68.7 Å². The molecule has 144 valence electrons. The van der Waals surface area contributed by atoms with Crippen molar-refractivity contribution in [1.29, 1.82) is 0 Å². The third-order valence-corrected chi connectivity index (χ3v) is 4.84. The third-order valence-electron chi connectivity index (χ3n) is 4.84. The minimum atomic E-state index is 0.543. The van der Waals surface area contributed by atoms with Crippen LogP contribution in [0, 0.1) is 0 Å². The molecule has 6 nitrogen and oxygen atoms in total. The summed E-state index contributed by atoms with van der Waals surface area (Å²) in [6.45, 7) is 14.0. The van der Waals surface area contributed by atoms with Crippen molar-refractivity contribution in [3.63, 3.8) is 0 Å². The molecule has 0 fully saturated rings. The van der Waals surface area contributed by atoms with E-state index in [0.29, 0.717) is 5.71 Å². The van der Waals surface area contributed by atoms with E-state index < -0.39 is 0 Å². The van der Waals surface area contributed by atoms with Crippen LogP contribution >= 0.6 is 0 Å². The number of aromatic nitrogens is 2. The van der Waals surface area contributed by atoms with Gasteiger partial charge in [0.1, 0.15) is 0 Å². The van der Waals surface area contributed by atoms with Crippen LogP contribution in [0.5, 0.6) is 0 Å². The Bertz CT molecular complexity index is 714. The van der Waals surface area contributed by atoms with Crippen LogP contribution in [-0.2, 0) is 13.1 Å². The third kappa shape index (κ3) is 5.79. The van der Waals surface area contributed by atoms with Gasteiger partial charge in [0.05, 0.1) is 22.5 Å². The second-order valence-corrected chi connectivity index (χ2v) is 6.44. The lowest BCUT2D eigenvalue weighted by atomic mass is 10.0. The molecule has 0 spiro atoms. The van der Waals surface area contributed by atoms with E-state index in [2.05, 4.69) is 52.3 Å². The molecule has 0 aliphatic carbocycles. The zero-order valence-electron chi connectivity index (χ0n) is 16.9. The van der Waals surface area contributed by atoms with Crippen LogP contribution in [0.2, 0.25) is 0 Å². The van der Waals surface area contributed by atoms with Crippen LogP contribution in [0.15, 0.2) is 36.7 Å². The average molecular weight is 367 g/mol. The molecular weight excluding hydrogens is 336 g/mol. The summed E-state index contributed by atoms with van der Waals surface area (Å²) in [7, 11) is 0. The molecule has 0 saturated heterocycles. The number of hydrogen-bond acceptors (Lipinski definition) is 4. The van der Waals surface area contributed by atoms with Crippen molar-refractivity contribution in [1.82, 2.24) is 19.8 Å². The van der Waals surface area contributed by atoms with E-state index in [1.54, 1.807) is 12.4 Å². The van der Waals surface area contributed by atoms with Gasteiger partial charge in [-0.05, 0) is 50.4 Å². The highest BCUT2D eigenvalue weighted by Crippen LogP contribution is 2.13. The van der Waals surface area contributed by atoms with Crippen molar-refractivity contribution in [2.24, 2.45) is 0 Å². The smallest absolute Gasteiger partial charge is 0.329 e. The van der Waals surface area contributed by atoms with Gasteiger partial charge in [-0.1, -0.05) is 27.7 Å². The maximum Gasteiger partial charge on any atom is 0.329 e. The van der Waals surface area contributed by atoms with Crippen LogP contribution in [0.25, 0.3) is 5.53 Å². The lowest BCUT2D eigenvalue weighted by Gasteiger charge is -2.17. The first-order valence-electron chi connectivity index (χ1n) is 9.72. The highest BCUT2D eigenvalue weighted by atomic mass is 15.1. The molecule has 0 aliphatic rings. The van der Waals surface area contributed by atoms with E-state index in [1.165, 1.54) is 0 Å². The quantitative estimate of drug-likeness (QED) is 0.368. The van der Waals surface area contributed by atoms with Crippen molar-refractivity contribution in [2.75, 3.05) is 26.2 Å². The van der Waals surface area contributed by atoms with Gasteiger partial charge in [0.15, 0.2) is 0 Å². The van der Waals surface area contributed by atoms with Gasteiger partial charge in [0.2, 0.25) is 0 Å². The maximum absolute atomic E-state index is 9.69. The maximum atomic E-state index is 9.69.